The van der Waals surface area contributed by atoms with Gasteiger partial charge in [0.2, 0.25) is 5.88 Å². The van der Waals surface area contributed by atoms with Gasteiger partial charge in [0.15, 0.2) is 5.84 Å². The summed E-state index contributed by atoms with van der Waals surface area (Å²) < 4.78 is 6.41. The highest BCUT2D eigenvalue weighted by molar-refractivity contribution is 9.10. The lowest BCUT2D eigenvalue weighted by Crippen LogP contribution is -2.14. The molecule has 0 aliphatic carbocycles. The summed E-state index contributed by atoms with van der Waals surface area (Å²) in [6, 6.07) is 6.93. The normalized spacial score (nSPS) is 11.6. The first kappa shape index (κ1) is 12.4. The summed E-state index contributed by atoms with van der Waals surface area (Å²) in [7, 11) is 0. The van der Waals surface area contributed by atoms with E-state index in [1.165, 1.54) is 0 Å². The average molecular weight is 311 g/mol. The van der Waals surface area contributed by atoms with Gasteiger partial charge in [0.05, 0.1) is 5.56 Å². The SMILES string of the molecule is Cc1cc(Oc2cc(Br)ccc2/C(N)=N/O)n[nH]1. The number of halogens is 1. The molecule has 1 aromatic heterocycles. The van der Waals surface area contributed by atoms with Crippen LogP contribution in [0.15, 0.2) is 33.9 Å². The number of aromatic amines is 1. The van der Waals surface area contributed by atoms with Gasteiger partial charge in [-0.05, 0) is 25.1 Å². The van der Waals surface area contributed by atoms with E-state index in [9.17, 15) is 0 Å². The molecule has 0 radical (unpaired) electrons. The number of H-pyrrole nitrogens is 1. The molecule has 0 aliphatic heterocycles. The number of aryl methyl sites for hydroxylation is 1. The monoisotopic (exact) mass is 310 g/mol. The van der Waals surface area contributed by atoms with Gasteiger partial charge in [0.1, 0.15) is 5.75 Å². The smallest absolute Gasteiger partial charge is 0.238 e. The molecule has 0 amide bonds. The molecule has 1 aromatic carbocycles. The van der Waals surface area contributed by atoms with Crippen molar-refractivity contribution < 1.29 is 9.94 Å². The zero-order valence-corrected chi connectivity index (χ0v) is 11.1. The van der Waals surface area contributed by atoms with Crippen molar-refractivity contribution in [3.05, 3.63) is 40.0 Å². The van der Waals surface area contributed by atoms with Crippen molar-refractivity contribution in [3.8, 4) is 11.6 Å². The van der Waals surface area contributed by atoms with Crippen LogP contribution in [-0.4, -0.2) is 21.2 Å². The van der Waals surface area contributed by atoms with Crippen LogP contribution in [0.25, 0.3) is 0 Å². The Morgan fingerprint density at radius 3 is 2.89 bits per heavy atom. The number of aromatic nitrogens is 2. The number of hydrogen-bond acceptors (Lipinski definition) is 4. The minimum absolute atomic E-state index is 0.0234. The second-order valence-corrected chi connectivity index (χ2v) is 4.53. The Hall–Kier alpha value is -2.02. The van der Waals surface area contributed by atoms with Gasteiger partial charge >= 0.3 is 0 Å². The molecule has 1 heterocycles. The summed E-state index contributed by atoms with van der Waals surface area (Å²) in [4.78, 5) is 0. The standard InChI is InChI=1S/C11H11BrN4O2/c1-6-4-10(15-14-6)18-9-5-7(12)2-3-8(9)11(13)16-17/h2-5,17H,1H3,(H2,13,16)(H,14,15). The van der Waals surface area contributed by atoms with Crippen LogP contribution in [0.1, 0.15) is 11.3 Å². The second kappa shape index (κ2) is 5.09. The molecule has 0 unspecified atom stereocenters. The van der Waals surface area contributed by atoms with Gasteiger partial charge in [0, 0.05) is 16.2 Å². The van der Waals surface area contributed by atoms with E-state index in [0.717, 1.165) is 10.2 Å². The zero-order valence-electron chi connectivity index (χ0n) is 9.51. The summed E-state index contributed by atoms with van der Waals surface area (Å²) in [6.07, 6.45) is 0. The molecular formula is C11H11BrN4O2. The van der Waals surface area contributed by atoms with Crippen molar-refractivity contribution in [2.75, 3.05) is 0 Å². The number of nitrogens with zero attached hydrogens (tertiary/aromatic N) is 2. The molecular weight excluding hydrogens is 300 g/mol. The fourth-order valence-electron chi connectivity index (χ4n) is 1.40. The molecule has 0 saturated heterocycles. The van der Waals surface area contributed by atoms with Crippen LogP contribution < -0.4 is 10.5 Å². The molecule has 18 heavy (non-hydrogen) atoms. The quantitative estimate of drug-likeness (QED) is 0.351. The summed E-state index contributed by atoms with van der Waals surface area (Å²) in [6.45, 7) is 1.87. The van der Waals surface area contributed by atoms with Gasteiger partial charge in [0.25, 0.3) is 0 Å². The van der Waals surface area contributed by atoms with E-state index in [4.69, 9.17) is 15.7 Å². The van der Waals surface area contributed by atoms with E-state index < -0.39 is 0 Å². The predicted molar refractivity (Wildman–Crippen MR) is 70.1 cm³/mol. The van der Waals surface area contributed by atoms with E-state index in [0.29, 0.717) is 17.2 Å². The maximum Gasteiger partial charge on any atom is 0.238 e. The Bertz CT molecular complexity index is 594. The maximum absolute atomic E-state index is 8.73. The van der Waals surface area contributed by atoms with E-state index in [-0.39, 0.29) is 5.84 Å². The molecule has 0 atom stereocenters. The van der Waals surface area contributed by atoms with Crippen molar-refractivity contribution in [2.45, 2.75) is 6.92 Å². The summed E-state index contributed by atoms with van der Waals surface area (Å²) >= 11 is 3.33. The molecule has 0 fully saturated rings. The number of nitrogens with one attached hydrogen (secondary N) is 1. The number of nitrogens with two attached hydrogens (primary N) is 1. The van der Waals surface area contributed by atoms with E-state index in [1.54, 1.807) is 24.3 Å². The predicted octanol–water partition coefficient (Wildman–Crippen LogP) is 2.37. The third-order valence-corrected chi connectivity index (χ3v) is 2.72. The van der Waals surface area contributed by atoms with Crippen LogP contribution in [0.2, 0.25) is 0 Å². The Labute approximate surface area is 112 Å². The number of amidine groups is 1. The van der Waals surface area contributed by atoms with Gasteiger partial charge in [-0.1, -0.05) is 21.1 Å². The van der Waals surface area contributed by atoms with E-state index >= 15 is 0 Å². The third kappa shape index (κ3) is 2.62. The highest BCUT2D eigenvalue weighted by Gasteiger charge is 2.11. The van der Waals surface area contributed by atoms with Gasteiger partial charge in [-0.2, -0.15) is 0 Å². The minimum atomic E-state index is -0.0234. The zero-order chi connectivity index (χ0) is 13.1. The topological polar surface area (TPSA) is 96.5 Å². The van der Waals surface area contributed by atoms with E-state index in [2.05, 4.69) is 31.3 Å². The van der Waals surface area contributed by atoms with Crippen LogP contribution in [0.4, 0.5) is 0 Å². The highest BCUT2D eigenvalue weighted by Crippen LogP contribution is 2.27. The molecule has 0 aliphatic rings. The van der Waals surface area contributed by atoms with Crippen molar-refractivity contribution in [1.82, 2.24) is 10.2 Å². The summed E-state index contributed by atoms with van der Waals surface area (Å²) in [5, 5.41) is 18.4. The minimum Gasteiger partial charge on any atom is -0.437 e. The number of oxime groups is 1. The van der Waals surface area contributed by atoms with Crippen LogP contribution in [0, 0.1) is 6.92 Å². The maximum atomic E-state index is 8.73. The van der Waals surface area contributed by atoms with Crippen LogP contribution in [-0.2, 0) is 0 Å². The summed E-state index contributed by atoms with van der Waals surface area (Å²) in [5.41, 5.74) is 6.95. The van der Waals surface area contributed by atoms with Gasteiger partial charge < -0.3 is 15.7 Å². The fourth-order valence-corrected chi connectivity index (χ4v) is 1.74. The Kier molecular flexibility index (Phi) is 3.52. The Morgan fingerprint density at radius 1 is 1.50 bits per heavy atom. The fraction of sp³-hybridized carbons (Fsp3) is 0.0909. The lowest BCUT2D eigenvalue weighted by molar-refractivity contribution is 0.318. The lowest BCUT2D eigenvalue weighted by Gasteiger charge is -2.08. The van der Waals surface area contributed by atoms with Gasteiger partial charge in [-0.3, -0.25) is 5.10 Å². The molecule has 6 nitrogen and oxygen atoms in total. The van der Waals surface area contributed by atoms with Crippen LogP contribution in [0.5, 0.6) is 11.6 Å². The molecule has 7 heteroatoms. The van der Waals surface area contributed by atoms with Crippen molar-refractivity contribution >= 4 is 21.8 Å². The average Bonchev–Trinajstić information content (AvgIpc) is 2.74. The van der Waals surface area contributed by atoms with Crippen molar-refractivity contribution in [2.24, 2.45) is 10.9 Å². The first-order valence-electron chi connectivity index (χ1n) is 5.07. The van der Waals surface area contributed by atoms with E-state index in [1.807, 2.05) is 6.92 Å². The third-order valence-electron chi connectivity index (χ3n) is 2.22. The van der Waals surface area contributed by atoms with Crippen molar-refractivity contribution in [1.29, 1.82) is 0 Å². The van der Waals surface area contributed by atoms with Gasteiger partial charge in [-0.25, -0.2) is 0 Å². The first-order chi connectivity index (χ1) is 8.60. The first-order valence-corrected chi connectivity index (χ1v) is 5.87. The highest BCUT2D eigenvalue weighted by atomic mass is 79.9. The molecule has 0 spiro atoms. The molecule has 2 aromatic rings. The Morgan fingerprint density at radius 2 is 2.28 bits per heavy atom. The second-order valence-electron chi connectivity index (χ2n) is 3.62. The number of hydrogen-bond donors (Lipinski definition) is 3. The molecule has 0 saturated carbocycles. The largest absolute Gasteiger partial charge is 0.437 e. The molecule has 94 valence electrons. The Balaban J connectivity index is 2.39. The number of rotatable bonds is 3. The molecule has 0 bridgehead atoms. The molecule has 4 N–H and O–H groups in total. The lowest BCUT2D eigenvalue weighted by atomic mass is 10.2. The number of ether oxygens (including phenoxy) is 1. The van der Waals surface area contributed by atoms with Crippen LogP contribution >= 0.6 is 15.9 Å². The molecule has 2 rings (SSSR count). The van der Waals surface area contributed by atoms with Crippen molar-refractivity contribution in [3.63, 3.8) is 0 Å². The summed E-state index contributed by atoms with van der Waals surface area (Å²) in [5.74, 6) is 0.841. The van der Waals surface area contributed by atoms with Crippen LogP contribution in [0.3, 0.4) is 0 Å². The number of benzene rings is 1. The van der Waals surface area contributed by atoms with Gasteiger partial charge in [-0.15, -0.1) is 5.10 Å².